The molecule has 4 rings (SSSR count). The summed E-state index contributed by atoms with van der Waals surface area (Å²) in [7, 11) is 0. The monoisotopic (exact) mass is 487 g/mol. The van der Waals surface area contributed by atoms with Gasteiger partial charge in [0.25, 0.3) is 0 Å². The summed E-state index contributed by atoms with van der Waals surface area (Å²) in [5.41, 5.74) is 5.01. The number of hydrogen-bond acceptors (Lipinski definition) is 5. The van der Waals surface area contributed by atoms with Crippen LogP contribution >= 0.6 is 11.3 Å². The Bertz CT molecular complexity index is 1330. The van der Waals surface area contributed by atoms with Gasteiger partial charge in [-0.3, -0.25) is 4.79 Å². The van der Waals surface area contributed by atoms with Crippen LogP contribution in [0.2, 0.25) is 0 Å². The van der Waals surface area contributed by atoms with Crippen molar-refractivity contribution in [3.05, 3.63) is 87.3 Å². The third-order valence-corrected chi connectivity index (χ3v) is 7.63. The molecule has 35 heavy (non-hydrogen) atoms. The fourth-order valence-corrected chi connectivity index (χ4v) is 5.74. The van der Waals surface area contributed by atoms with Gasteiger partial charge in [0.2, 0.25) is 5.78 Å². The number of thiophene rings is 1. The first-order valence-corrected chi connectivity index (χ1v) is 13.0. The quantitative estimate of drug-likeness (QED) is 0.249. The second kappa shape index (κ2) is 10.6. The van der Waals surface area contributed by atoms with Crippen molar-refractivity contribution in [2.24, 2.45) is 0 Å². The van der Waals surface area contributed by atoms with Crippen LogP contribution in [0.4, 0.5) is 0 Å². The molecule has 4 nitrogen and oxygen atoms in total. The highest BCUT2D eigenvalue weighted by Crippen LogP contribution is 2.43. The van der Waals surface area contributed by atoms with Gasteiger partial charge in [-0.05, 0) is 87.3 Å². The van der Waals surface area contributed by atoms with Crippen molar-refractivity contribution in [3.8, 4) is 17.2 Å². The lowest BCUT2D eigenvalue weighted by molar-refractivity contribution is 0.103. The molecule has 0 saturated heterocycles. The van der Waals surface area contributed by atoms with E-state index in [1.165, 1.54) is 16.9 Å². The molecule has 0 atom stereocenters. The Morgan fingerprint density at radius 2 is 1.60 bits per heavy atom. The molecule has 1 aromatic heterocycles. The van der Waals surface area contributed by atoms with Crippen LogP contribution in [0.25, 0.3) is 10.1 Å². The molecule has 0 bridgehead atoms. The lowest BCUT2D eigenvalue weighted by Gasteiger charge is -2.17. The van der Waals surface area contributed by atoms with Crippen molar-refractivity contribution in [2.75, 3.05) is 19.6 Å². The number of aromatic hydroxyl groups is 1. The largest absolute Gasteiger partial charge is 0.508 e. The Kier molecular flexibility index (Phi) is 7.58. The van der Waals surface area contributed by atoms with Crippen molar-refractivity contribution < 1.29 is 14.6 Å². The average Bonchev–Trinajstić information content (AvgIpc) is 3.17. The van der Waals surface area contributed by atoms with E-state index in [2.05, 4.69) is 30.9 Å². The van der Waals surface area contributed by atoms with Crippen LogP contribution in [0, 0.1) is 20.8 Å². The van der Waals surface area contributed by atoms with Crippen LogP contribution in [-0.2, 0) is 6.42 Å². The SMILES string of the molecule is CCN(CC)CCc1ccc(Oc2c(C(=O)c3c(C)cc(C)cc3C)sc3cc(O)ccc23)cc1. The topological polar surface area (TPSA) is 49.8 Å². The Morgan fingerprint density at radius 3 is 2.23 bits per heavy atom. The number of carbonyl (C=O) groups excluding carboxylic acids is 1. The van der Waals surface area contributed by atoms with Crippen molar-refractivity contribution in [1.29, 1.82) is 0 Å². The van der Waals surface area contributed by atoms with E-state index in [1.54, 1.807) is 12.1 Å². The number of aryl methyl sites for hydroxylation is 3. The molecule has 1 N–H and O–H groups in total. The molecule has 5 heteroatoms. The third-order valence-electron chi connectivity index (χ3n) is 6.49. The lowest BCUT2D eigenvalue weighted by atomic mass is 9.95. The number of benzene rings is 3. The maximum absolute atomic E-state index is 13.8. The fraction of sp³-hybridized carbons (Fsp3) is 0.300. The molecule has 0 aliphatic rings. The molecule has 0 amide bonds. The Morgan fingerprint density at radius 1 is 0.943 bits per heavy atom. The van der Waals surface area contributed by atoms with Crippen molar-refractivity contribution in [1.82, 2.24) is 4.90 Å². The van der Waals surface area contributed by atoms with E-state index in [9.17, 15) is 9.90 Å². The van der Waals surface area contributed by atoms with Crippen LogP contribution < -0.4 is 4.74 Å². The van der Waals surface area contributed by atoms with Gasteiger partial charge in [0.1, 0.15) is 16.4 Å². The predicted molar refractivity (Wildman–Crippen MR) is 146 cm³/mol. The molecule has 1 heterocycles. The van der Waals surface area contributed by atoms with E-state index < -0.39 is 0 Å². The summed E-state index contributed by atoms with van der Waals surface area (Å²) >= 11 is 1.36. The van der Waals surface area contributed by atoms with Crippen molar-refractivity contribution in [3.63, 3.8) is 0 Å². The number of hydrogen-bond donors (Lipinski definition) is 1. The van der Waals surface area contributed by atoms with Gasteiger partial charge in [0, 0.05) is 22.2 Å². The van der Waals surface area contributed by atoms with E-state index in [-0.39, 0.29) is 11.5 Å². The van der Waals surface area contributed by atoms with Crippen LogP contribution in [0.5, 0.6) is 17.2 Å². The number of carbonyl (C=O) groups is 1. The maximum atomic E-state index is 13.8. The van der Waals surface area contributed by atoms with Crippen LogP contribution in [0.15, 0.2) is 54.6 Å². The van der Waals surface area contributed by atoms with E-state index >= 15 is 0 Å². The molecule has 0 unspecified atom stereocenters. The van der Waals surface area contributed by atoms with Gasteiger partial charge in [-0.25, -0.2) is 0 Å². The molecule has 0 radical (unpaired) electrons. The number of phenols is 1. The standard InChI is InChI=1S/C30H33NO3S/c1-6-31(7-2)15-14-22-8-11-24(12-9-22)34-29-25-13-10-23(32)18-26(25)35-30(29)28(33)27-20(4)16-19(3)17-21(27)5/h8-13,16-18,32H,6-7,14-15H2,1-5H3. The Balaban J connectivity index is 1.69. The first-order chi connectivity index (χ1) is 16.8. The summed E-state index contributed by atoms with van der Waals surface area (Å²) in [6, 6.07) is 17.3. The van der Waals surface area contributed by atoms with Gasteiger partial charge in [0.15, 0.2) is 5.75 Å². The van der Waals surface area contributed by atoms with Gasteiger partial charge in [-0.1, -0.05) is 43.7 Å². The smallest absolute Gasteiger partial charge is 0.207 e. The zero-order valence-corrected chi connectivity index (χ0v) is 22.0. The Hall–Kier alpha value is -3.15. The van der Waals surface area contributed by atoms with Crippen LogP contribution in [-0.4, -0.2) is 35.4 Å². The molecule has 0 aliphatic carbocycles. The first kappa shape index (κ1) is 25.0. The second-order valence-corrected chi connectivity index (χ2v) is 10.1. The zero-order chi connectivity index (χ0) is 25.1. The average molecular weight is 488 g/mol. The fourth-order valence-electron chi connectivity index (χ4n) is 4.63. The van der Waals surface area contributed by atoms with Crippen molar-refractivity contribution in [2.45, 2.75) is 41.0 Å². The van der Waals surface area contributed by atoms with Gasteiger partial charge >= 0.3 is 0 Å². The molecule has 0 saturated carbocycles. The summed E-state index contributed by atoms with van der Waals surface area (Å²) in [6.07, 6.45) is 0.984. The molecule has 4 aromatic rings. The summed E-state index contributed by atoms with van der Waals surface area (Å²) in [6.45, 7) is 13.5. The number of phenolic OH excluding ortho intramolecular Hbond substituents is 1. The molecule has 3 aromatic carbocycles. The number of fused-ring (bicyclic) bond motifs is 1. The number of ketones is 1. The Labute approximate surface area is 211 Å². The minimum atomic E-state index is -0.0495. The van der Waals surface area contributed by atoms with Gasteiger partial charge in [-0.2, -0.15) is 0 Å². The molecule has 0 spiro atoms. The number of nitrogens with zero attached hydrogens (tertiary/aromatic N) is 1. The van der Waals surface area contributed by atoms with Crippen LogP contribution in [0.3, 0.4) is 0 Å². The highest BCUT2D eigenvalue weighted by molar-refractivity contribution is 7.21. The minimum absolute atomic E-state index is 0.0495. The summed E-state index contributed by atoms with van der Waals surface area (Å²) < 4.78 is 7.19. The van der Waals surface area contributed by atoms with Gasteiger partial charge < -0.3 is 14.7 Å². The summed E-state index contributed by atoms with van der Waals surface area (Å²) in [5.74, 6) is 1.36. The summed E-state index contributed by atoms with van der Waals surface area (Å²) in [5, 5.41) is 10.9. The van der Waals surface area contributed by atoms with E-state index in [4.69, 9.17) is 4.74 Å². The normalized spacial score (nSPS) is 11.4. The molecule has 182 valence electrons. The molecular weight excluding hydrogens is 454 g/mol. The number of likely N-dealkylation sites (N-methyl/N-ethyl adjacent to an activating group) is 1. The van der Waals surface area contributed by atoms with E-state index in [1.807, 2.05) is 51.1 Å². The van der Waals surface area contributed by atoms with E-state index in [0.717, 1.165) is 52.8 Å². The molecule has 0 fully saturated rings. The number of ether oxygens (including phenoxy) is 1. The lowest BCUT2D eigenvalue weighted by Crippen LogP contribution is -2.25. The highest BCUT2D eigenvalue weighted by atomic mass is 32.1. The van der Waals surface area contributed by atoms with Crippen LogP contribution in [0.1, 0.15) is 51.3 Å². The summed E-state index contributed by atoms with van der Waals surface area (Å²) in [4.78, 5) is 16.7. The minimum Gasteiger partial charge on any atom is -0.508 e. The van der Waals surface area contributed by atoms with Gasteiger partial charge in [-0.15, -0.1) is 11.3 Å². The highest BCUT2D eigenvalue weighted by Gasteiger charge is 2.24. The van der Waals surface area contributed by atoms with Gasteiger partial charge in [0.05, 0.1) is 0 Å². The number of rotatable bonds is 9. The molecule has 0 aliphatic heterocycles. The first-order valence-electron chi connectivity index (χ1n) is 12.2. The second-order valence-electron chi connectivity index (χ2n) is 9.07. The maximum Gasteiger partial charge on any atom is 0.207 e. The third kappa shape index (κ3) is 5.42. The zero-order valence-electron chi connectivity index (χ0n) is 21.1. The predicted octanol–water partition coefficient (Wildman–Crippen LogP) is 7.44. The van der Waals surface area contributed by atoms with Crippen molar-refractivity contribution >= 4 is 27.2 Å². The molecular formula is C30H33NO3S. The van der Waals surface area contributed by atoms with E-state index in [0.29, 0.717) is 21.9 Å².